The van der Waals surface area contributed by atoms with Crippen LogP contribution in [0.5, 0.6) is 0 Å². The molecular weight excluding hydrogens is 198 g/mol. The van der Waals surface area contributed by atoms with Crippen LogP contribution in [-0.4, -0.2) is 44.5 Å². The van der Waals surface area contributed by atoms with Gasteiger partial charge in [0.25, 0.3) is 0 Å². The maximum atomic E-state index is 11.3. The van der Waals surface area contributed by atoms with E-state index in [1.165, 1.54) is 6.26 Å². The monoisotopic (exact) mass is 219 g/mol. The van der Waals surface area contributed by atoms with Crippen molar-refractivity contribution >= 4 is 9.84 Å². The number of rotatable bonds is 2. The molecule has 14 heavy (non-hydrogen) atoms. The Morgan fingerprint density at radius 2 is 1.93 bits per heavy atom. The summed E-state index contributed by atoms with van der Waals surface area (Å²) in [5.41, 5.74) is 0.256. The summed E-state index contributed by atoms with van der Waals surface area (Å²) in [6, 6.07) is 0. The van der Waals surface area contributed by atoms with E-state index in [2.05, 4.69) is 25.7 Å². The molecule has 4 heteroatoms. The lowest BCUT2D eigenvalue weighted by molar-refractivity contribution is 0.227. The minimum absolute atomic E-state index is 0.134. The molecule has 0 aromatic heterocycles. The van der Waals surface area contributed by atoms with Crippen LogP contribution in [0.2, 0.25) is 0 Å². The van der Waals surface area contributed by atoms with Crippen LogP contribution in [0.15, 0.2) is 0 Å². The predicted molar refractivity (Wildman–Crippen MR) is 59.1 cm³/mol. The molecule has 1 aliphatic rings. The quantitative estimate of drug-likeness (QED) is 0.699. The van der Waals surface area contributed by atoms with E-state index in [0.717, 1.165) is 26.1 Å². The second kappa shape index (κ2) is 3.81. The topological polar surface area (TPSA) is 37.4 Å². The zero-order valence-electron chi connectivity index (χ0n) is 9.58. The van der Waals surface area contributed by atoms with Crippen molar-refractivity contribution in [1.29, 1.82) is 0 Å². The van der Waals surface area contributed by atoms with Gasteiger partial charge < -0.3 is 4.90 Å². The average molecular weight is 219 g/mol. The first kappa shape index (κ1) is 12.0. The van der Waals surface area contributed by atoms with Crippen molar-refractivity contribution < 1.29 is 8.42 Å². The second-order valence-corrected chi connectivity index (χ2v) is 7.86. The molecule has 1 fully saturated rings. The van der Waals surface area contributed by atoms with Gasteiger partial charge in [-0.3, -0.25) is 0 Å². The Hall–Kier alpha value is -0.0900. The van der Waals surface area contributed by atoms with Gasteiger partial charge in [0.15, 0.2) is 9.84 Å². The van der Waals surface area contributed by atoms with E-state index in [1.54, 1.807) is 0 Å². The van der Waals surface area contributed by atoms with Crippen molar-refractivity contribution in [2.75, 3.05) is 25.9 Å². The molecule has 3 nitrogen and oxygen atoms in total. The zero-order chi connectivity index (χ0) is 11.0. The molecule has 84 valence electrons. The Labute approximate surface area is 87.4 Å². The van der Waals surface area contributed by atoms with Gasteiger partial charge in [0.05, 0.1) is 5.25 Å². The van der Waals surface area contributed by atoms with Crippen molar-refractivity contribution in [3.8, 4) is 0 Å². The van der Waals surface area contributed by atoms with Crippen molar-refractivity contribution in [1.82, 2.24) is 4.90 Å². The fourth-order valence-corrected chi connectivity index (χ4v) is 2.98. The SMILES string of the molecule is CC(C)(C)CN1CCC(S(C)(=O)=O)C1. The van der Waals surface area contributed by atoms with Crippen LogP contribution >= 0.6 is 0 Å². The predicted octanol–water partition coefficient (Wildman–Crippen LogP) is 1.15. The highest BCUT2D eigenvalue weighted by molar-refractivity contribution is 7.91. The largest absolute Gasteiger partial charge is 0.301 e. The molecule has 0 amide bonds. The van der Waals surface area contributed by atoms with E-state index in [0.29, 0.717) is 0 Å². The number of nitrogens with zero attached hydrogens (tertiary/aromatic N) is 1. The highest BCUT2D eigenvalue weighted by atomic mass is 32.2. The third kappa shape index (κ3) is 3.58. The molecule has 0 aliphatic carbocycles. The minimum atomic E-state index is -2.83. The molecule has 0 spiro atoms. The second-order valence-electron chi connectivity index (χ2n) is 5.54. The summed E-state index contributed by atoms with van der Waals surface area (Å²) in [7, 11) is -2.83. The highest BCUT2D eigenvalue weighted by Gasteiger charge is 2.31. The summed E-state index contributed by atoms with van der Waals surface area (Å²) in [4.78, 5) is 2.26. The zero-order valence-corrected chi connectivity index (χ0v) is 10.4. The molecule has 0 aromatic rings. The summed E-state index contributed by atoms with van der Waals surface area (Å²) in [6.45, 7) is 9.17. The summed E-state index contributed by atoms with van der Waals surface area (Å²) in [5.74, 6) is 0. The van der Waals surface area contributed by atoms with Crippen molar-refractivity contribution in [2.45, 2.75) is 32.4 Å². The van der Waals surface area contributed by atoms with Gasteiger partial charge in [-0.1, -0.05) is 20.8 Å². The van der Waals surface area contributed by atoms with Crippen molar-refractivity contribution in [3.05, 3.63) is 0 Å². The normalized spacial score (nSPS) is 25.6. The summed E-state index contributed by atoms with van der Waals surface area (Å²) >= 11 is 0. The number of hydrogen-bond donors (Lipinski definition) is 0. The van der Waals surface area contributed by atoms with Gasteiger partial charge in [-0.25, -0.2) is 8.42 Å². The Morgan fingerprint density at radius 3 is 2.29 bits per heavy atom. The van der Waals surface area contributed by atoms with Crippen LogP contribution in [0.4, 0.5) is 0 Å². The van der Waals surface area contributed by atoms with Crippen molar-refractivity contribution in [2.24, 2.45) is 5.41 Å². The van der Waals surface area contributed by atoms with Gasteiger partial charge >= 0.3 is 0 Å². The lowest BCUT2D eigenvalue weighted by Gasteiger charge is -2.26. The van der Waals surface area contributed by atoms with Gasteiger partial charge in [-0.15, -0.1) is 0 Å². The van der Waals surface area contributed by atoms with Gasteiger partial charge in [0.1, 0.15) is 0 Å². The molecule has 0 N–H and O–H groups in total. The van der Waals surface area contributed by atoms with Crippen LogP contribution in [0, 0.1) is 5.41 Å². The van der Waals surface area contributed by atoms with E-state index in [1.807, 2.05) is 0 Å². The lowest BCUT2D eigenvalue weighted by atomic mass is 9.96. The molecule has 1 rings (SSSR count). The molecule has 0 bridgehead atoms. The maximum Gasteiger partial charge on any atom is 0.151 e. The van der Waals surface area contributed by atoms with E-state index >= 15 is 0 Å². The third-order valence-corrected chi connectivity index (χ3v) is 4.13. The first-order chi connectivity index (χ1) is 6.18. The van der Waals surface area contributed by atoms with Crippen LogP contribution in [0.3, 0.4) is 0 Å². The van der Waals surface area contributed by atoms with E-state index in [9.17, 15) is 8.42 Å². The molecule has 0 radical (unpaired) electrons. The van der Waals surface area contributed by atoms with Gasteiger partial charge in [-0.2, -0.15) is 0 Å². The minimum Gasteiger partial charge on any atom is -0.301 e. The van der Waals surface area contributed by atoms with Gasteiger partial charge in [-0.05, 0) is 18.4 Å². The molecule has 1 saturated heterocycles. The van der Waals surface area contributed by atoms with E-state index < -0.39 is 9.84 Å². The van der Waals surface area contributed by atoms with Crippen molar-refractivity contribution in [3.63, 3.8) is 0 Å². The maximum absolute atomic E-state index is 11.3. The molecule has 0 aromatic carbocycles. The van der Waals surface area contributed by atoms with Gasteiger partial charge in [0.2, 0.25) is 0 Å². The Balaban J connectivity index is 2.51. The van der Waals surface area contributed by atoms with Gasteiger partial charge in [0, 0.05) is 19.3 Å². The number of sulfone groups is 1. The Morgan fingerprint density at radius 1 is 1.36 bits per heavy atom. The number of likely N-dealkylation sites (tertiary alicyclic amines) is 1. The molecule has 1 atom stereocenters. The molecule has 1 unspecified atom stereocenters. The Bertz CT molecular complexity index is 290. The highest BCUT2D eigenvalue weighted by Crippen LogP contribution is 2.21. The first-order valence-corrected chi connectivity index (χ1v) is 7.05. The van der Waals surface area contributed by atoms with Crippen LogP contribution in [0.1, 0.15) is 27.2 Å². The third-order valence-electron chi connectivity index (χ3n) is 2.53. The standard InChI is InChI=1S/C10H21NO2S/c1-10(2,3)8-11-6-5-9(7-11)14(4,12)13/h9H,5-8H2,1-4H3. The fourth-order valence-electron chi connectivity index (χ4n) is 1.96. The van der Waals surface area contributed by atoms with E-state index in [-0.39, 0.29) is 10.7 Å². The van der Waals surface area contributed by atoms with E-state index in [4.69, 9.17) is 0 Å². The number of hydrogen-bond acceptors (Lipinski definition) is 3. The molecular formula is C10H21NO2S. The van der Waals surface area contributed by atoms with Crippen LogP contribution in [0.25, 0.3) is 0 Å². The van der Waals surface area contributed by atoms with Crippen LogP contribution < -0.4 is 0 Å². The summed E-state index contributed by atoms with van der Waals surface area (Å²) < 4.78 is 22.6. The smallest absolute Gasteiger partial charge is 0.151 e. The average Bonchev–Trinajstić information content (AvgIpc) is 2.29. The Kier molecular flexibility index (Phi) is 3.26. The molecule has 0 saturated carbocycles. The lowest BCUT2D eigenvalue weighted by Crippen LogP contribution is -2.32. The fraction of sp³-hybridized carbons (Fsp3) is 1.00. The summed E-state index contributed by atoms with van der Waals surface area (Å²) in [5, 5.41) is -0.134. The first-order valence-electron chi connectivity index (χ1n) is 5.10. The molecule has 1 aliphatic heterocycles. The molecule has 1 heterocycles. The van der Waals surface area contributed by atoms with Crippen LogP contribution in [-0.2, 0) is 9.84 Å². The summed E-state index contributed by atoms with van der Waals surface area (Å²) in [6.07, 6.45) is 2.15.